The number of benzene rings is 1. The minimum atomic E-state index is -4.67. The molecule has 0 atom stereocenters. The highest BCUT2D eigenvalue weighted by Gasteiger charge is 2.34. The molecule has 0 aromatic heterocycles. The monoisotopic (exact) mass is 302 g/mol. The predicted molar refractivity (Wildman–Crippen MR) is 68.5 cm³/mol. The van der Waals surface area contributed by atoms with Gasteiger partial charge in [-0.3, -0.25) is 4.79 Å². The molecule has 7 heteroatoms. The first kappa shape index (κ1) is 16.7. The van der Waals surface area contributed by atoms with Crippen molar-refractivity contribution in [3.8, 4) is 0 Å². The normalized spacial score (nSPS) is 11.6. The third kappa shape index (κ3) is 4.94. The van der Waals surface area contributed by atoms with Crippen LogP contribution in [-0.2, 0) is 26.9 Å². The van der Waals surface area contributed by atoms with E-state index in [4.69, 9.17) is 5.11 Å². The SMILES string of the molecule is CCOC(=O)/C=C/c1cccc(C(F)(F)F)c1CC(=O)O. The largest absolute Gasteiger partial charge is 0.481 e. The number of rotatable bonds is 5. The summed E-state index contributed by atoms with van der Waals surface area (Å²) in [5.74, 6) is -2.10. The fraction of sp³-hybridized carbons (Fsp3) is 0.286. The first-order valence-electron chi connectivity index (χ1n) is 6.01. The van der Waals surface area contributed by atoms with Gasteiger partial charge in [0.2, 0.25) is 0 Å². The van der Waals surface area contributed by atoms with Crippen LogP contribution in [0.1, 0.15) is 23.6 Å². The lowest BCUT2D eigenvalue weighted by Gasteiger charge is -2.14. The average Bonchev–Trinajstić information content (AvgIpc) is 2.35. The zero-order valence-corrected chi connectivity index (χ0v) is 11.1. The molecule has 0 spiro atoms. The van der Waals surface area contributed by atoms with Gasteiger partial charge in [0.15, 0.2) is 0 Å². The van der Waals surface area contributed by atoms with Crippen LogP contribution in [0.25, 0.3) is 6.08 Å². The summed E-state index contributed by atoms with van der Waals surface area (Å²) >= 11 is 0. The molecular weight excluding hydrogens is 289 g/mol. The van der Waals surface area contributed by atoms with Crippen molar-refractivity contribution >= 4 is 18.0 Å². The van der Waals surface area contributed by atoms with Gasteiger partial charge in [-0.2, -0.15) is 13.2 Å². The van der Waals surface area contributed by atoms with Gasteiger partial charge in [0, 0.05) is 6.08 Å². The van der Waals surface area contributed by atoms with Crippen LogP contribution in [0.15, 0.2) is 24.3 Å². The summed E-state index contributed by atoms with van der Waals surface area (Å²) in [5.41, 5.74) is -1.41. The van der Waals surface area contributed by atoms with E-state index in [1.807, 2.05) is 0 Å². The van der Waals surface area contributed by atoms with E-state index < -0.39 is 35.7 Å². The number of hydrogen-bond acceptors (Lipinski definition) is 3. The number of carbonyl (C=O) groups is 2. The van der Waals surface area contributed by atoms with Crippen LogP contribution in [0, 0.1) is 0 Å². The standard InChI is InChI=1S/C14H13F3O4/c1-2-21-13(20)7-6-9-4-3-5-11(14(15,16)17)10(9)8-12(18)19/h3-7H,2,8H2,1H3,(H,18,19)/b7-6+. The topological polar surface area (TPSA) is 63.6 Å². The van der Waals surface area contributed by atoms with Crippen LogP contribution in [0.5, 0.6) is 0 Å². The fourth-order valence-corrected chi connectivity index (χ4v) is 1.72. The summed E-state index contributed by atoms with van der Waals surface area (Å²) in [4.78, 5) is 21.9. The molecule has 0 unspecified atom stereocenters. The number of hydrogen-bond donors (Lipinski definition) is 1. The van der Waals surface area contributed by atoms with E-state index in [0.717, 1.165) is 24.3 Å². The van der Waals surface area contributed by atoms with Gasteiger partial charge in [-0.1, -0.05) is 12.1 Å². The van der Waals surface area contributed by atoms with Crippen molar-refractivity contribution in [1.82, 2.24) is 0 Å². The zero-order valence-electron chi connectivity index (χ0n) is 11.1. The maximum absolute atomic E-state index is 12.9. The van der Waals surface area contributed by atoms with Gasteiger partial charge in [-0.25, -0.2) is 4.79 Å². The first-order chi connectivity index (χ1) is 9.75. The average molecular weight is 302 g/mol. The lowest BCUT2D eigenvalue weighted by molar-refractivity contribution is -0.140. The van der Waals surface area contributed by atoms with E-state index in [1.165, 1.54) is 6.07 Å². The van der Waals surface area contributed by atoms with Gasteiger partial charge in [-0.05, 0) is 30.2 Å². The second-order valence-electron chi connectivity index (χ2n) is 4.03. The van der Waals surface area contributed by atoms with Crippen molar-refractivity contribution in [2.45, 2.75) is 19.5 Å². The Morgan fingerprint density at radius 1 is 1.33 bits per heavy atom. The summed E-state index contributed by atoms with van der Waals surface area (Å²) in [5, 5.41) is 8.76. The van der Waals surface area contributed by atoms with Crippen molar-refractivity contribution in [3.05, 3.63) is 41.0 Å². The zero-order chi connectivity index (χ0) is 16.0. The van der Waals surface area contributed by atoms with E-state index in [1.54, 1.807) is 6.92 Å². The molecule has 1 aromatic carbocycles. The quantitative estimate of drug-likeness (QED) is 0.671. The highest BCUT2D eigenvalue weighted by Crippen LogP contribution is 2.34. The molecule has 1 aromatic rings. The Morgan fingerprint density at radius 3 is 2.52 bits per heavy atom. The molecular formula is C14H13F3O4. The van der Waals surface area contributed by atoms with Gasteiger partial charge in [0.1, 0.15) is 0 Å². The van der Waals surface area contributed by atoms with Crippen LogP contribution in [0.2, 0.25) is 0 Å². The first-order valence-corrected chi connectivity index (χ1v) is 6.01. The molecule has 1 rings (SSSR count). The third-order valence-electron chi connectivity index (χ3n) is 2.53. The van der Waals surface area contributed by atoms with Crippen molar-refractivity contribution in [2.75, 3.05) is 6.61 Å². The summed E-state index contributed by atoms with van der Waals surface area (Å²) < 4.78 is 43.3. The lowest BCUT2D eigenvalue weighted by Crippen LogP contribution is -2.13. The highest BCUT2D eigenvalue weighted by atomic mass is 19.4. The summed E-state index contributed by atoms with van der Waals surface area (Å²) in [6, 6.07) is 3.27. The Labute approximate surface area is 118 Å². The number of carbonyl (C=O) groups excluding carboxylic acids is 1. The fourth-order valence-electron chi connectivity index (χ4n) is 1.72. The van der Waals surface area contributed by atoms with Gasteiger partial charge >= 0.3 is 18.1 Å². The highest BCUT2D eigenvalue weighted by molar-refractivity contribution is 5.87. The van der Waals surface area contributed by atoms with Crippen molar-refractivity contribution in [2.24, 2.45) is 0 Å². The van der Waals surface area contributed by atoms with Crippen molar-refractivity contribution < 1.29 is 32.6 Å². The molecule has 0 bridgehead atoms. The number of carboxylic acid groups (broad SMARTS) is 1. The van der Waals surface area contributed by atoms with Crippen molar-refractivity contribution in [1.29, 1.82) is 0 Å². The Bertz CT molecular complexity index is 562. The van der Waals surface area contributed by atoms with Crippen molar-refractivity contribution in [3.63, 3.8) is 0 Å². The Kier molecular flexibility index (Phi) is 5.52. The molecule has 0 heterocycles. The van der Waals surface area contributed by atoms with Crippen LogP contribution in [0.3, 0.4) is 0 Å². The molecule has 0 aliphatic carbocycles. The molecule has 0 aliphatic rings. The maximum atomic E-state index is 12.9. The second-order valence-corrected chi connectivity index (χ2v) is 4.03. The Morgan fingerprint density at radius 2 is 2.00 bits per heavy atom. The molecule has 0 radical (unpaired) electrons. The van der Waals surface area contributed by atoms with Crippen LogP contribution in [0.4, 0.5) is 13.2 Å². The molecule has 0 saturated carbocycles. The summed E-state index contributed by atoms with van der Waals surface area (Å²) in [7, 11) is 0. The molecule has 4 nitrogen and oxygen atoms in total. The molecule has 21 heavy (non-hydrogen) atoms. The van der Waals surface area contributed by atoms with Crippen LogP contribution in [-0.4, -0.2) is 23.7 Å². The maximum Gasteiger partial charge on any atom is 0.416 e. The van der Waals surface area contributed by atoms with Gasteiger partial charge < -0.3 is 9.84 Å². The lowest BCUT2D eigenvalue weighted by atomic mass is 9.97. The van der Waals surface area contributed by atoms with E-state index in [0.29, 0.717) is 0 Å². The Hall–Kier alpha value is -2.31. The summed E-state index contributed by atoms with van der Waals surface area (Å²) in [6.45, 7) is 1.72. The Balaban J connectivity index is 3.25. The van der Waals surface area contributed by atoms with E-state index in [9.17, 15) is 22.8 Å². The number of halogens is 3. The molecule has 0 saturated heterocycles. The van der Waals surface area contributed by atoms with E-state index in [-0.39, 0.29) is 12.2 Å². The minimum Gasteiger partial charge on any atom is -0.481 e. The predicted octanol–water partition coefficient (Wildman–Crippen LogP) is 2.91. The van der Waals surface area contributed by atoms with Gasteiger partial charge in [0.05, 0.1) is 18.6 Å². The molecule has 0 aliphatic heterocycles. The molecule has 0 fully saturated rings. The van der Waals surface area contributed by atoms with E-state index in [2.05, 4.69) is 4.74 Å². The molecule has 114 valence electrons. The molecule has 1 N–H and O–H groups in total. The summed E-state index contributed by atoms with van der Waals surface area (Å²) in [6.07, 6.45) is -3.38. The van der Waals surface area contributed by atoms with Crippen LogP contribution < -0.4 is 0 Å². The van der Waals surface area contributed by atoms with E-state index >= 15 is 0 Å². The van der Waals surface area contributed by atoms with Gasteiger partial charge in [0.25, 0.3) is 0 Å². The number of ether oxygens (including phenoxy) is 1. The van der Waals surface area contributed by atoms with Crippen LogP contribution >= 0.6 is 0 Å². The number of esters is 1. The number of alkyl halides is 3. The second kappa shape index (κ2) is 6.92. The minimum absolute atomic E-state index is 0.0141. The number of aliphatic carboxylic acids is 1. The molecule has 0 amide bonds. The smallest absolute Gasteiger partial charge is 0.416 e. The van der Waals surface area contributed by atoms with Gasteiger partial charge in [-0.15, -0.1) is 0 Å². The third-order valence-corrected chi connectivity index (χ3v) is 2.53. The number of carboxylic acids is 1.